The Balaban J connectivity index is 2.15. The molecule has 2 rings (SSSR count). The minimum atomic E-state index is -0.812. The van der Waals surface area contributed by atoms with Crippen LogP contribution in [0.1, 0.15) is 46.5 Å². The maximum Gasteiger partial charge on any atom is 0.408 e. The van der Waals surface area contributed by atoms with E-state index in [4.69, 9.17) is 9.47 Å². The van der Waals surface area contributed by atoms with E-state index in [0.29, 0.717) is 12.5 Å². The second-order valence-corrected chi connectivity index (χ2v) is 8.04. The number of ether oxygens (including phenoxy) is 2. The zero-order valence-corrected chi connectivity index (χ0v) is 16.1. The summed E-state index contributed by atoms with van der Waals surface area (Å²) in [7, 11) is 1.34. The SMILES string of the molecule is C=CC[C@H](NC(=O)OC(C)(C)C)C(=O)N1C[C@@H]2CCC[C@@H]2[C@H]1C(=O)OC. The molecule has 1 aliphatic heterocycles. The van der Waals surface area contributed by atoms with Gasteiger partial charge in [0, 0.05) is 6.54 Å². The molecular weight excluding hydrogens is 336 g/mol. The molecule has 1 heterocycles. The number of nitrogens with zero attached hydrogens (tertiary/aromatic N) is 1. The van der Waals surface area contributed by atoms with Crippen LogP contribution in [0.5, 0.6) is 0 Å². The first-order chi connectivity index (χ1) is 12.2. The molecule has 0 aromatic carbocycles. The zero-order chi connectivity index (χ0) is 19.5. The molecule has 0 radical (unpaired) electrons. The van der Waals surface area contributed by atoms with Crippen LogP contribution in [0.25, 0.3) is 0 Å². The molecule has 2 fully saturated rings. The highest BCUT2D eigenvalue weighted by atomic mass is 16.6. The monoisotopic (exact) mass is 366 g/mol. The number of hydrogen-bond acceptors (Lipinski definition) is 5. The van der Waals surface area contributed by atoms with Crippen LogP contribution in [0.3, 0.4) is 0 Å². The first-order valence-corrected chi connectivity index (χ1v) is 9.16. The standard InChI is InChI=1S/C19H30N2O5/c1-6-8-14(20-18(24)26-19(2,3)4)16(22)21-11-12-9-7-10-13(12)15(21)17(23)25-5/h6,12-15H,1,7-11H2,2-5H3,(H,20,24)/t12-,13-,14-,15-/m0/s1. The number of fused-ring (bicyclic) bond motifs is 1. The molecule has 7 nitrogen and oxygen atoms in total. The van der Waals surface area contributed by atoms with Crippen molar-refractivity contribution in [2.24, 2.45) is 11.8 Å². The molecule has 1 aliphatic carbocycles. The predicted octanol–water partition coefficient (Wildman–Crippen LogP) is 2.26. The molecule has 2 aliphatic rings. The molecule has 26 heavy (non-hydrogen) atoms. The summed E-state index contributed by atoms with van der Waals surface area (Å²) in [5.41, 5.74) is -0.662. The van der Waals surface area contributed by atoms with Gasteiger partial charge in [-0.25, -0.2) is 9.59 Å². The van der Waals surface area contributed by atoms with Crippen LogP contribution in [0.2, 0.25) is 0 Å². The lowest BCUT2D eigenvalue weighted by Crippen LogP contribution is -2.53. The third-order valence-electron chi connectivity index (χ3n) is 5.01. The van der Waals surface area contributed by atoms with Crippen molar-refractivity contribution in [3.05, 3.63) is 12.7 Å². The number of methoxy groups -OCH3 is 1. The Bertz CT molecular complexity index is 569. The Kier molecular flexibility index (Phi) is 6.31. The van der Waals surface area contributed by atoms with Crippen molar-refractivity contribution < 1.29 is 23.9 Å². The van der Waals surface area contributed by atoms with Gasteiger partial charge in [0.15, 0.2) is 0 Å². The molecule has 0 spiro atoms. The lowest BCUT2D eigenvalue weighted by atomic mass is 9.94. The van der Waals surface area contributed by atoms with Gasteiger partial charge in [0.25, 0.3) is 0 Å². The van der Waals surface area contributed by atoms with Gasteiger partial charge in [-0.1, -0.05) is 12.5 Å². The van der Waals surface area contributed by atoms with Gasteiger partial charge in [0.05, 0.1) is 7.11 Å². The van der Waals surface area contributed by atoms with E-state index in [1.165, 1.54) is 7.11 Å². The van der Waals surface area contributed by atoms with Crippen LogP contribution in [0.4, 0.5) is 4.79 Å². The average Bonchev–Trinajstić information content (AvgIpc) is 3.11. The lowest BCUT2D eigenvalue weighted by Gasteiger charge is -2.30. The molecule has 7 heteroatoms. The Morgan fingerprint density at radius 1 is 1.31 bits per heavy atom. The van der Waals surface area contributed by atoms with Crippen molar-refractivity contribution >= 4 is 18.0 Å². The van der Waals surface area contributed by atoms with E-state index in [1.54, 1.807) is 31.7 Å². The van der Waals surface area contributed by atoms with Crippen molar-refractivity contribution in [1.29, 1.82) is 0 Å². The van der Waals surface area contributed by atoms with Gasteiger partial charge >= 0.3 is 12.1 Å². The lowest BCUT2D eigenvalue weighted by molar-refractivity contribution is -0.153. The van der Waals surface area contributed by atoms with E-state index >= 15 is 0 Å². The highest BCUT2D eigenvalue weighted by Gasteiger charge is 2.51. The summed E-state index contributed by atoms with van der Waals surface area (Å²) in [6, 6.07) is -1.39. The normalized spacial score (nSPS) is 26.0. The van der Waals surface area contributed by atoms with Gasteiger partial charge in [-0.3, -0.25) is 4.79 Å². The number of hydrogen-bond donors (Lipinski definition) is 1. The number of esters is 1. The first kappa shape index (κ1) is 20.3. The summed E-state index contributed by atoms with van der Waals surface area (Å²) in [4.78, 5) is 39.1. The number of carbonyl (C=O) groups is 3. The van der Waals surface area contributed by atoms with Crippen molar-refractivity contribution in [1.82, 2.24) is 10.2 Å². The third kappa shape index (κ3) is 4.56. The van der Waals surface area contributed by atoms with E-state index in [9.17, 15) is 14.4 Å². The minimum absolute atomic E-state index is 0.136. The highest BCUT2D eigenvalue weighted by Crippen LogP contribution is 2.42. The van der Waals surface area contributed by atoms with Crippen molar-refractivity contribution in [3.8, 4) is 0 Å². The second kappa shape index (κ2) is 8.10. The van der Waals surface area contributed by atoms with E-state index in [2.05, 4.69) is 11.9 Å². The van der Waals surface area contributed by atoms with Crippen LogP contribution in [0, 0.1) is 11.8 Å². The van der Waals surface area contributed by atoms with E-state index in [0.717, 1.165) is 19.3 Å². The maximum atomic E-state index is 13.1. The minimum Gasteiger partial charge on any atom is -0.467 e. The maximum absolute atomic E-state index is 13.1. The number of alkyl carbamates (subject to hydrolysis) is 1. The Morgan fingerprint density at radius 2 is 2.00 bits per heavy atom. The van der Waals surface area contributed by atoms with Crippen LogP contribution in [-0.2, 0) is 19.1 Å². The molecule has 1 saturated carbocycles. The molecular formula is C19H30N2O5. The fraction of sp³-hybridized carbons (Fsp3) is 0.737. The number of rotatable bonds is 5. The van der Waals surface area contributed by atoms with E-state index < -0.39 is 23.8 Å². The van der Waals surface area contributed by atoms with Crippen LogP contribution < -0.4 is 5.32 Å². The van der Waals surface area contributed by atoms with Crippen molar-refractivity contribution in [3.63, 3.8) is 0 Å². The number of nitrogens with one attached hydrogen (secondary N) is 1. The van der Waals surface area contributed by atoms with Crippen LogP contribution in [-0.4, -0.2) is 54.2 Å². The van der Waals surface area contributed by atoms with Crippen molar-refractivity contribution in [2.45, 2.75) is 64.1 Å². The van der Waals surface area contributed by atoms with Gasteiger partial charge in [0.1, 0.15) is 17.7 Å². The van der Waals surface area contributed by atoms with Gasteiger partial charge in [-0.15, -0.1) is 6.58 Å². The van der Waals surface area contributed by atoms with Crippen molar-refractivity contribution in [2.75, 3.05) is 13.7 Å². The molecule has 0 aromatic rings. The van der Waals surface area contributed by atoms with E-state index in [-0.39, 0.29) is 24.2 Å². The molecule has 2 amide bonds. The highest BCUT2D eigenvalue weighted by molar-refractivity contribution is 5.90. The quantitative estimate of drug-likeness (QED) is 0.596. The summed E-state index contributed by atoms with van der Waals surface area (Å²) in [5, 5.41) is 2.62. The molecule has 4 atom stereocenters. The topological polar surface area (TPSA) is 84.9 Å². The Morgan fingerprint density at radius 3 is 2.58 bits per heavy atom. The fourth-order valence-corrected chi connectivity index (χ4v) is 3.99. The molecule has 1 N–H and O–H groups in total. The average molecular weight is 366 g/mol. The number of amides is 2. The number of carbonyl (C=O) groups excluding carboxylic acids is 3. The molecule has 0 aromatic heterocycles. The summed E-state index contributed by atoms with van der Waals surface area (Å²) >= 11 is 0. The predicted molar refractivity (Wildman–Crippen MR) is 96.3 cm³/mol. The number of likely N-dealkylation sites (tertiary alicyclic amines) is 1. The Hall–Kier alpha value is -2.05. The summed E-state index contributed by atoms with van der Waals surface area (Å²) < 4.78 is 10.2. The second-order valence-electron chi connectivity index (χ2n) is 8.04. The Labute approximate surface area is 155 Å². The van der Waals surface area contributed by atoms with Gasteiger partial charge in [-0.05, 0) is 51.9 Å². The van der Waals surface area contributed by atoms with Gasteiger partial charge < -0.3 is 19.7 Å². The van der Waals surface area contributed by atoms with Gasteiger partial charge in [0.2, 0.25) is 5.91 Å². The zero-order valence-electron chi connectivity index (χ0n) is 16.1. The van der Waals surface area contributed by atoms with E-state index in [1.807, 2.05) is 0 Å². The first-order valence-electron chi connectivity index (χ1n) is 9.16. The summed E-state index contributed by atoms with van der Waals surface area (Å²) in [5.74, 6) is -0.228. The largest absolute Gasteiger partial charge is 0.467 e. The van der Waals surface area contributed by atoms with Crippen LogP contribution in [0.15, 0.2) is 12.7 Å². The third-order valence-corrected chi connectivity index (χ3v) is 5.01. The molecule has 0 unspecified atom stereocenters. The molecule has 1 saturated heterocycles. The summed E-state index contributed by atoms with van der Waals surface area (Å²) in [6.45, 7) is 9.45. The molecule has 146 valence electrons. The van der Waals surface area contributed by atoms with Gasteiger partial charge in [-0.2, -0.15) is 0 Å². The summed E-state index contributed by atoms with van der Waals surface area (Å²) in [6.07, 6.45) is 4.17. The fourth-order valence-electron chi connectivity index (χ4n) is 3.99. The smallest absolute Gasteiger partial charge is 0.408 e. The van der Waals surface area contributed by atoms with Crippen LogP contribution >= 0.6 is 0 Å². The molecule has 0 bridgehead atoms.